The summed E-state index contributed by atoms with van der Waals surface area (Å²) in [6.07, 6.45) is 1.18. The van der Waals surface area contributed by atoms with Crippen LogP contribution in [0, 0.1) is 12.8 Å². The van der Waals surface area contributed by atoms with Crippen LogP contribution in [0.4, 0.5) is 0 Å². The molecule has 4 nitrogen and oxygen atoms in total. The third-order valence-electron chi connectivity index (χ3n) is 2.65. The van der Waals surface area contributed by atoms with E-state index in [0.29, 0.717) is 18.9 Å². The number of carbonyl (C=O) groups is 1. The number of rotatable bonds is 6. The van der Waals surface area contributed by atoms with Crippen LogP contribution >= 0.6 is 11.3 Å². The summed E-state index contributed by atoms with van der Waals surface area (Å²) in [5.41, 5.74) is 6.87. The molecule has 0 aliphatic carbocycles. The Kier molecular flexibility index (Phi) is 5.58. The van der Waals surface area contributed by atoms with Gasteiger partial charge in [0.05, 0.1) is 10.7 Å². The molecule has 0 fully saturated rings. The van der Waals surface area contributed by atoms with Crippen molar-refractivity contribution in [3.8, 4) is 0 Å². The van der Waals surface area contributed by atoms with Crippen molar-refractivity contribution >= 4 is 17.2 Å². The number of nitrogens with zero attached hydrogens (tertiary/aromatic N) is 1. The van der Waals surface area contributed by atoms with Gasteiger partial charge in [-0.15, -0.1) is 11.3 Å². The van der Waals surface area contributed by atoms with Gasteiger partial charge < -0.3 is 11.1 Å². The summed E-state index contributed by atoms with van der Waals surface area (Å²) in [5, 5.41) is 5.96. The second kappa shape index (κ2) is 6.71. The number of aryl methyl sites for hydroxylation is 1. The lowest BCUT2D eigenvalue weighted by molar-refractivity contribution is -0.121. The van der Waals surface area contributed by atoms with E-state index in [2.05, 4.69) is 10.3 Å². The first-order valence-corrected chi connectivity index (χ1v) is 6.80. The largest absolute Gasteiger partial charge is 0.356 e. The minimum absolute atomic E-state index is 0.0261. The van der Waals surface area contributed by atoms with Gasteiger partial charge in [0.15, 0.2) is 0 Å². The minimum atomic E-state index is -0.0588. The molecule has 0 aromatic carbocycles. The maximum Gasteiger partial charge on any atom is 0.221 e. The fraction of sp³-hybridized carbons (Fsp3) is 0.667. The number of carbonyl (C=O) groups excluding carboxylic acids is 1. The molecule has 5 heteroatoms. The maximum absolute atomic E-state index is 11.5. The first-order valence-electron chi connectivity index (χ1n) is 5.92. The van der Waals surface area contributed by atoms with Crippen LogP contribution in [0.1, 0.15) is 31.0 Å². The molecule has 0 bridgehead atoms. The molecule has 0 aliphatic rings. The second-order valence-corrected chi connectivity index (χ2v) is 5.63. The fourth-order valence-corrected chi connectivity index (χ4v) is 2.02. The molecule has 1 aromatic rings. The van der Waals surface area contributed by atoms with E-state index in [1.807, 2.05) is 26.2 Å². The van der Waals surface area contributed by atoms with E-state index in [1.165, 1.54) is 0 Å². The molecule has 1 heterocycles. The predicted molar refractivity (Wildman–Crippen MR) is 71.0 cm³/mol. The van der Waals surface area contributed by atoms with Crippen molar-refractivity contribution in [3.63, 3.8) is 0 Å². The Morgan fingerprint density at radius 3 is 2.82 bits per heavy atom. The number of hydrogen-bond donors (Lipinski definition) is 2. The number of aromatic nitrogens is 1. The smallest absolute Gasteiger partial charge is 0.221 e. The van der Waals surface area contributed by atoms with Gasteiger partial charge in [-0.05, 0) is 12.8 Å². The van der Waals surface area contributed by atoms with E-state index in [9.17, 15) is 4.79 Å². The average Bonchev–Trinajstić information content (AvgIpc) is 2.64. The van der Waals surface area contributed by atoms with Crippen LogP contribution in [0.25, 0.3) is 0 Å². The van der Waals surface area contributed by atoms with Crippen LogP contribution in [-0.2, 0) is 11.2 Å². The van der Waals surface area contributed by atoms with Crippen molar-refractivity contribution in [3.05, 3.63) is 16.1 Å². The Labute approximate surface area is 107 Å². The normalized spacial score (nSPS) is 12.8. The molecule has 96 valence electrons. The third-order valence-corrected chi connectivity index (χ3v) is 3.47. The standard InChI is InChI=1S/C12H21N3OS/c1-8(2)11(13)6-12(16)14-5-4-10-7-17-9(3)15-10/h7-8,11H,4-6,13H2,1-3H3,(H,14,16). The van der Waals surface area contributed by atoms with Gasteiger partial charge in [0.1, 0.15) is 0 Å². The van der Waals surface area contributed by atoms with Crippen LogP contribution in [0.2, 0.25) is 0 Å². The molecule has 1 aromatic heterocycles. The van der Waals surface area contributed by atoms with Crippen LogP contribution in [-0.4, -0.2) is 23.5 Å². The summed E-state index contributed by atoms with van der Waals surface area (Å²) >= 11 is 1.63. The molecule has 1 atom stereocenters. The van der Waals surface area contributed by atoms with Gasteiger partial charge in [0.2, 0.25) is 5.91 Å². The number of thiazole rings is 1. The zero-order valence-electron chi connectivity index (χ0n) is 10.7. The number of hydrogen-bond acceptors (Lipinski definition) is 4. The van der Waals surface area contributed by atoms with Crippen LogP contribution in [0.5, 0.6) is 0 Å². The van der Waals surface area contributed by atoms with Gasteiger partial charge in [-0.3, -0.25) is 4.79 Å². The van der Waals surface area contributed by atoms with Gasteiger partial charge >= 0.3 is 0 Å². The molecule has 0 radical (unpaired) electrons. The van der Waals surface area contributed by atoms with Gasteiger partial charge in [0, 0.05) is 30.8 Å². The molecule has 0 spiro atoms. The Hall–Kier alpha value is -0.940. The van der Waals surface area contributed by atoms with Crippen molar-refractivity contribution in [2.45, 2.75) is 39.7 Å². The van der Waals surface area contributed by atoms with E-state index in [-0.39, 0.29) is 11.9 Å². The van der Waals surface area contributed by atoms with E-state index < -0.39 is 0 Å². The summed E-state index contributed by atoms with van der Waals surface area (Å²) in [4.78, 5) is 15.9. The Balaban J connectivity index is 2.20. The Morgan fingerprint density at radius 1 is 1.59 bits per heavy atom. The van der Waals surface area contributed by atoms with Gasteiger partial charge in [-0.2, -0.15) is 0 Å². The lowest BCUT2D eigenvalue weighted by atomic mass is 10.0. The van der Waals surface area contributed by atoms with Crippen molar-refractivity contribution < 1.29 is 4.79 Å². The third kappa shape index (κ3) is 5.28. The molecular weight excluding hydrogens is 234 g/mol. The van der Waals surface area contributed by atoms with E-state index >= 15 is 0 Å². The van der Waals surface area contributed by atoms with E-state index in [0.717, 1.165) is 17.1 Å². The Bertz CT molecular complexity index is 362. The highest BCUT2D eigenvalue weighted by atomic mass is 32.1. The maximum atomic E-state index is 11.5. The first kappa shape index (κ1) is 14.1. The molecule has 0 saturated heterocycles. The zero-order chi connectivity index (χ0) is 12.8. The summed E-state index contributed by atoms with van der Waals surface area (Å²) in [6.45, 7) is 6.66. The highest BCUT2D eigenvalue weighted by Crippen LogP contribution is 2.08. The lowest BCUT2D eigenvalue weighted by Crippen LogP contribution is -2.35. The van der Waals surface area contributed by atoms with E-state index in [4.69, 9.17) is 5.73 Å². The summed E-state index contributed by atoms with van der Waals surface area (Å²) < 4.78 is 0. The first-order chi connectivity index (χ1) is 7.99. The van der Waals surface area contributed by atoms with Crippen LogP contribution < -0.4 is 11.1 Å². The van der Waals surface area contributed by atoms with E-state index in [1.54, 1.807) is 11.3 Å². The molecule has 1 unspecified atom stereocenters. The van der Waals surface area contributed by atoms with Crippen LogP contribution in [0.15, 0.2) is 5.38 Å². The highest BCUT2D eigenvalue weighted by Gasteiger charge is 2.12. The minimum Gasteiger partial charge on any atom is -0.356 e. The van der Waals surface area contributed by atoms with Crippen molar-refractivity contribution in [1.29, 1.82) is 0 Å². The fourth-order valence-electron chi connectivity index (χ4n) is 1.37. The highest BCUT2D eigenvalue weighted by molar-refractivity contribution is 7.09. The van der Waals surface area contributed by atoms with Crippen molar-refractivity contribution in [2.75, 3.05) is 6.54 Å². The van der Waals surface area contributed by atoms with Crippen molar-refractivity contribution in [1.82, 2.24) is 10.3 Å². The van der Waals surface area contributed by atoms with Gasteiger partial charge in [-0.25, -0.2) is 4.98 Å². The van der Waals surface area contributed by atoms with Gasteiger partial charge in [-0.1, -0.05) is 13.8 Å². The summed E-state index contributed by atoms with van der Waals surface area (Å²) in [5.74, 6) is 0.361. The molecule has 0 saturated carbocycles. The van der Waals surface area contributed by atoms with Gasteiger partial charge in [0.25, 0.3) is 0 Å². The molecule has 1 amide bonds. The average molecular weight is 255 g/mol. The number of nitrogens with two attached hydrogens (primary N) is 1. The summed E-state index contributed by atoms with van der Waals surface area (Å²) in [7, 11) is 0. The zero-order valence-corrected chi connectivity index (χ0v) is 11.5. The molecule has 0 aliphatic heterocycles. The quantitative estimate of drug-likeness (QED) is 0.809. The molecule has 1 rings (SSSR count). The summed E-state index contributed by atoms with van der Waals surface area (Å²) in [6, 6.07) is -0.0588. The lowest BCUT2D eigenvalue weighted by Gasteiger charge is -2.14. The molecule has 17 heavy (non-hydrogen) atoms. The number of nitrogens with one attached hydrogen (secondary N) is 1. The molecular formula is C12H21N3OS. The van der Waals surface area contributed by atoms with Crippen LogP contribution in [0.3, 0.4) is 0 Å². The van der Waals surface area contributed by atoms with Crippen molar-refractivity contribution in [2.24, 2.45) is 11.7 Å². The topological polar surface area (TPSA) is 68.0 Å². The number of amides is 1. The monoisotopic (exact) mass is 255 g/mol. The predicted octanol–water partition coefficient (Wildman–Crippen LogP) is 1.48. The molecule has 3 N–H and O–H groups in total. The second-order valence-electron chi connectivity index (χ2n) is 4.57. The Morgan fingerprint density at radius 2 is 2.29 bits per heavy atom. The SMILES string of the molecule is Cc1nc(CCNC(=O)CC(N)C(C)C)cs1.